The second-order valence-corrected chi connectivity index (χ2v) is 6.36. The third-order valence-corrected chi connectivity index (χ3v) is 3.82. The number of aromatic nitrogens is 2. The van der Waals surface area contributed by atoms with Crippen LogP contribution in [0.25, 0.3) is 5.69 Å². The van der Waals surface area contributed by atoms with Gasteiger partial charge in [-0.1, -0.05) is 32.0 Å². The number of aromatic hydroxyl groups is 1. The Kier molecular flexibility index (Phi) is 6.37. The molecular weight excluding hydrogens is 306 g/mol. The smallest absolute Gasteiger partial charge is 0.275 e. The summed E-state index contributed by atoms with van der Waals surface area (Å²) in [5.74, 6) is 0.134. The summed E-state index contributed by atoms with van der Waals surface area (Å²) in [7, 11) is 0. The number of amides is 1. The molecule has 0 aliphatic carbocycles. The van der Waals surface area contributed by atoms with Gasteiger partial charge in [0, 0.05) is 13.2 Å². The van der Waals surface area contributed by atoms with Gasteiger partial charge in [0.25, 0.3) is 5.91 Å². The van der Waals surface area contributed by atoms with E-state index in [-0.39, 0.29) is 24.0 Å². The van der Waals surface area contributed by atoms with E-state index in [0.29, 0.717) is 18.9 Å². The summed E-state index contributed by atoms with van der Waals surface area (Å²) in [6, 6.07) is 9.29. The molecule has 6 nitrogen and oxygen atoms in total. The summed E-state index contributed by atoms with van der Waals surface area (Å²) >= 11 is 0. The Morgan fingerprint density at radius 2 is 2.00 bits per heavy atom. The number of nitrogens with zero attached hydrogens (tertiary/aromatic N) is 2. The van der Waals surface area contributed by atoms with Gasteiger partial charge >= 0.3 is 0 Å². The van der Waals surface area contributed by atoms with Crippen LogP contribution in [0.2, 0.25) is 0 Å². The predicted molar refractivity (Wildman–Crippen MR) is 92.2 cm³/mol. The molecule has 1 unspecified atom stereocenters. The van der Waals surface area contributed by atoms with Crippen molar-refractivity contribution in [3.8, 4) is 11.4 Å². The Balaban J connectivity index is 2.03. The van der Waals surface area contributed by atoms with Crippen LogP contribution in [0.15, 0.2) is 36.5 Å². The minimum Gasteiger partial charge on any atom is -0.504 e. The van der Waals surface area contributed by atoms with Crippen molar-refractivity contribution < 1.29 is 15.0 Å². The van der Waals surface area contributed by atoms with Crippen LogP contribution in [-0.2, 0) is 0 Å². The van der Waals surface area contributed by atoms with Crippen molar-refractivity contribution in [3.05, 3.63) is 42.2 Å². The van der Waals surface area contributed by atoms with Crippen LogP contribution in [0.4, 0.5) is 0 Å². The molecule has 0 spiro atoms. The standard InChI is InChI=1S/C18H25N3O3/c1-13(2)10-14(8-9-22)11-19-18(24)17-16(23)12-21(20-17)15-6-4-3-5-7-15/h3-7,12-14,22-23H,8-11H2,1-2H3,(H,19,24). The molecule has 0 saturated heterocycles. The van der Waals surface area contributed by atoms with Crippen molar-refractivity contribution in [2.24, 2.45) is 11.8 Å². The third-order valence-electron chi connectivity index (χ3n) is 3.82. The SMILES string of the molecule is CC(C)CC(CCO)CNC(=O)c1nn(-c2ccccc2)cc1O. The van der Waals surface area contributed by atoms with Crippen molar-refractivity contribution in [1.29, 1.82) is 0 Å². The number of nitrogens with one attached hydrogen (secondary N) is 1. The number of benzene rings is 1. The van der Waals surface area contributed by atoms with Gasteiger partial charge in [0.05, 0.1) is 11.9 Å². The molecule has 0 aliphatic heterocycles. The average Bonchev–Trinajstić information content (AvgIpc) is 2.95. The van der Waals surface area contributed by atoms with Crippen molar-refractivity contribution in [3.63, 3.8) is 0 Å². The molecule has 6 heteroatoms. The van der Waals surface area contributed by atoms with Crippen LogP contribution < -0.4 is 5.32 Å². The lowest BCUT2D eigenvalue weighted by Crippen LogP contribution is -2.30. The Bertz CT molecular complexity index is 653. The molecule has 1 aromatic heterocycles. The maximum Gasteiger partial charge on any atom is 0.275 e. The Hall–Kier alpha value is -2.34. The fourth-order valence-corrected chi connectivity index (χ4v) is 2.71. The Morgan fingerprint density at radius 3 is 2.62 bits per heavy atom. The fourth-order valence-electron chi connectivity index (χ4n) is 2.71. The number of hydrogen-bond acceptors (Lipinski definition) is 4. The van der Waals surface area contributed by atoms with E-state index in [1.807, 2.05) is 30.3 Å². The van der Waals surface area contributed by atoms with Crippen molar-refractivity contribution in [2.75, 3.05) is 13.2 Å². The molecule has 0 saturated carbocycles. The van der Waals surface area contributed by atoms with E-state index < -0.39 is 5.91 Å². The zero-order chi connectivity index (χ0) is 17.5. The number of aliphatic hydroxyl groups excluding tert-OH is 1. The van der Waals surface area contributed by atoms with Gasteiger partial charge in [-0.05, 0) is 36.8 Å². The molecule has 0 fully saturated rings. The highest BCUT2D eigenvalue weighted by Crippen LogP contribution is 2.19. The molecule has 24 heavy (non-hydrogen) atoms. The van der Waals surface area contributed by atoms with Crippen molar-refractivity contribution in [1.82, 2.24) is 15.1 Å². The van der Waals surface area contributed by atoms with Gasteiger partial charge < -0.3 is 15.5 Å². The lowest BCUT2D eigenvalue weighted by Gasteiger charge is -2.18. The van der Waals surface area contributed by atoms with Crippen LogP contribution in [-0.4, -0.2) is 39.1 Å². The second kappa shape index (κ2) is 8.49. The first kappa shape index (κ1) is 18.0. The quantitative estimate of drug-likeness (QED) is 0.693. The van der Waals surface area contributed by atoms with Gasteiger partial charge in [-0.25, -0.2) is 4.68 Å². The molecule has 1 atom stereocenters. The van der Waals surface area contributed by atoms with E-state index in [9.17, 15) is 9.90 Å². The molecule has 0 aliphatic rings. The highest BCUT2D eigenvalue weighted by atomic mass is 16.3. The normalized spacial score (nSPS) is 12.3. The average molecular weight is 331 g/mol. The molecule has 1 heterocycles. The molecule has 0 radical (unpaired) electrons. The van der Waals surface area contributed by atoms with E-state index in [1.54, 1.807) is 0 Å². The second-order valence-electron chi connectivity index (χ2n) is 6.36. The summed E-state index contributed by atoms with van der Waals surface area (Å²) < 4.78 is 1.48. The zero-order valence-corrected chi connectivity index (χ0v) is 14.1. The maximum atomic E-state index is 12.3. The zero-order valence-electron chi connectivity index (χ0n) is 14.1. The molecule has 1 aromatic carbocycles. The molecule has 2 rings (SSSR count). The number of rotatable bonds is 8. The predicted octanol–water partition coefficient (Wildman–Crippen LogP) is 2.35. The molecule has 0 bridgehead atoms. The van der Waals surface area contributed by atoms with Gasteiger partial charge in [-0.15, -0.1) is 0 Å². The van der Waals surface area contributed by atoms with Crippen LogP contribution in [0.5, 0.6) is 5.75 Å². The Morgan fingerprint density at radius 1 is 1.29 bits per heavy atom. The van der Waals surface area contributed by atoms with E-state index in [1.165, 1.54) is 10.9 Å². The highest BCUT2D eigenvalue weighted by Gasteiger charge is 2.19. The van der Waals surface area contributed by atoms with Gasteiger partial charge in [0.15, 0.2) is 11.4 Å². The fraction of sp³-hybridized carbons (Fsp3) is 0.444. The molecular formula is C18H25N3O3. The van der Waals surface area contributed by atoms with Crippen molar-refractivity contribution >= 4 is 5.91 Å². The van der Waals surface area contributed by atoms with Crippen LogP contribution in [0.1, 0.15) is 37.2 Å². The van der Waals surface area contributed by atoms with E-state index >= 15 is 0 Å². The molecule has 130 valence electrons. The largest absolute Gasteiger partial charge is 0.504 e. The number of carbonyl (C=O) groups is 1. The van der Waals surface area contributed by atoms with E-state index in [0.717, 1.165) is 12.1 Å². The van der Waals surface area contributed by atoms with Gasteiger partial charge in [-0.3, -0.25) is 4.79 Å². The summed E-state index contributed by atoms with van der Waals surface area (Å²) in [4.78, 5) is 12.3. The lowest BCUT2D eigenvalue weighted by atomic mass is 9.94. The Labute approximate surface area is 142 Å². The molecule has 2 aromatic rings. The van der Waals surface area contributed by atoms with Gasteiger partial charge in [-0.2, -0.15) is 5.10 Å². The topological polar surface area (TPSA) is 87.4 Å². The third kappa shape index (κ3) is 4.83. The first-order valence-corrected chi connectivity index (χ1v) is 8.24. The maximum absolute atomic E-state index is 12.3. The molecule has 1 amide bonds. The molecule has 3 N–H and O–H groups in total. The van der Waals surface area contributed by atoms with Crippen LogP contribution >= 0.6 is 0 Å². The summed E-state index contributed by atoms with van der Waals surface area (Å²) in [6.45, 7) is 4.77. The van der Waals surface area contributed by atoms with Crippen LogP contribution in [0.3, 0.4) is 0 Å². The minimum atomic E-state index is -0.408. The van der Waals surface area contributed by atoms with E-state index in [4.69, 9.17) is 5.11 Å². The summed E-state index contributed by atoms with van der Waals surface area (Å²) in [5.41, 5.74) is 0.774. The van der Waals surface area contributed by atoms with Crippen LogP contribution in [0, 0.1) is 11.8 Å². The monoisotopic (exact) mass is 331 g/mol. The lowest BCUT2D eigenvalue weighted by molar-refractivity contribution is 0.0933. The van der Waals surface area contributed by atoms with E-state index in [2.05, 4.69) is 24.3 Å². The number of aliphatic hydroxyl groups is 1. The first-order valence-electron chi connectivity index (χ1n) is 8.24. The minimum absolute atomic E-state index is 0.00569. The number of hydrogen-bond donors (Lipinski definition) is 3. The first-order chi connectivity index (χ1) is 11.5. The van der Waals surface area contributed by atoms with Crippen molar-refractivity contribution in [2.45, 2.75) is 26.7 Å². The van der Waals surface area contributed by atoms with Gasteiger partial charge in [0.1, 0.15) is 0 Å². The number of carbonyl (C=O) groups excluding carboxylic acids is 1. The number of para-hydroxylation sites is 1. The summed E-state index contributed by atoms with van der Waals surface area (Å²) in [5, 5.41) is 26.1. The summed E-state index contributed by atoms with van der Waals surface area (Å²) in [6.07, 6.45) is 2.98. The highest BCUT2D eigenvalue weighted by molar-refractivity contribution is 5.94. The van der Waals surface area contributed by atoms with Gasteiger partial charge in [0.2, 0.25) is 0 Å².